The van der Waals surface area contributed by atoms with E-state index in [1.54, 1.807) is 24.3 Å². The number of allylic oxidation sites excluding steroid dienone is 1. The van der Waals surface area contributed by atoms with Gasteiger partial charge in [0.05, 0.1) is 48.1 Å². The van der Waals surface area contributed by atoms with E-state index >= 15 is 0 Å². The Morgan fingerprint density at radius 2 is 2.07 bits per heavy atom. The van der Waals surface area contributed by atoms with Crippen LogP contribution < -0.4 is 10.1 Å². The average Bonchev–Trinajstić information content (AvgIpc) is 2.69. The van der Waals surface area contributed by atoms with Gasteiger partial charge in [0.2, 0.25) is 5.91 Å². The Kier molecular flexibility index (Phi) is 7.27. The number of amides is 1. The second-order valence-electron chi connectivity index (χ2n) is 5.68. The second-order valence-corrected chi connectivity index (χ2v) is 6.66. The van der Waals surface area contributed by atoms with E-state index in [1.165, 1.54) is 7.11 Å². The highest BCUT2D eigenvalue weighted by Gasteiger charge is 2.40. The molecule has 0 unspecified atom stereocenters. The van der Waals surface area contributed by atoms with Crippen LogP contribution in [0.2, 0.25) is 0 Å². The van der Waals surface area contributed by atoms with Crippen LogP contribution >= 0.6 is 11.8 Å². The summed E-state index contributed by atoms with van der Waals surface area (Å²) in [6.07, 6.45) is 0.707. The predicted octanol–water partition coefficient (Wildman–Crippen LogP) is 2.47. The Hall–Kier alpha value is -2.97. The van der Waals surface area contributed by atoms with E-state index in [2.05, 4.69) is 11.4 Å². The molecule has 1 aliphatic heterocycles. The van der Waals surface area contributed by atoms with Gasteiger partial charge in [-0.15, -0.1) is 0 Å². The van der Waals surface area contributed by atoms with Gasteiger partial charge in [0, 0.05) is 5.56 Å². The molecule has 0 aliphatic carbocycles. The number of nitriles is 2. The fourth-order valence-electron chi connectivity index (χ4n) is 2.73. The third-order valence-electron chi connectivity index (χ3n) is 3.94. The van der Waals surface area contributed by atoms with E-state index in [9.17, 15) is 20.1 Å². The summed E-state index contributed by atoms with van der Waals surface area (Å²) in [5.74, 6) is -2.37. The minimum Gasteiger partial charge on any atom is -0.496 e. The van der Waals surface area contributed by atoms with Crippen molar-refractivity contribution in [1.29, 1.82) is 10.5 Å². The molecule has 7 nitrogen and oxygen atoms in total. The van der Waals surface area contributed by atoms with E-state index < -0.39 is 23.7 Å². The number of carbonyl (C=O) groups excluding carboxylic acids is 2. The molecule has 0 aromatic heterocycles. The summed E-state index contributed by atoms with van der Waals surface area (Å²) in [4.78, 5) is 24.2. The number of rotatable bonds is 7. The highest BCUT2D eigenvalue weighted by atomic mass is 32.2. The van der Waals surface area contributed by atoms with Crippen LogP contribution in [0.3, 0.4) is 0 Å². The summed E-state index contributed by atoms with van der Waals surface area (Å²) < 4.78 is 10.4. The lowest BCUT2D eigenvalue weighted by atomic mass is 9.79. The number of ether oxygens (including phenoxy) is 2. The molecule has 0 radical (unpaired) electrons. The highest BCUT2D eigenvalue weighted by molar-refractivity contribution is 8.03. The van der Waals surface area contributed by atoms with Crippen molar-refractivity contribution in [2.24, 2.45) is 5.92 Å². The van der Waals surface area contributed by atoms with Crippen molar-refractivity contribution in [1.82, 2.24) is 5.32 Å². The number of esters is 1. The zero-order valence-corrected chi connectivity index (χ0v) is 15.8. The van der Waals surface area contributed by atoms with Gasteiger partial charge in [0.15, 0.2) is 0 Å². The number of nitrogens with one attached hydrogen (secondary N) is 1. The number of hydrogen-bond donors (Lipinski definition) is 1. The Balaban J connectivity index is 2.42. The van der Waals surface area contributed by atoms with Crippen LogP contribution in [-0.2, 0) is 14.3 Å². The minimum absolute atomic E-state index is 0.0450. The van der Waals surface area contributed by atoms with Crippen molar-refractivity contribution in [3.63, 3.8) is 0 Å². The molecule has 1 aliphatic rings. The molecule has 27 heavy (non-hydrogen) atoms. The van der Waals surface area contributed by atoms with Gasteiger partial charge in [0.1, 0.15) is 11.7 Å². The van der Waals surface area contributed by atoms with Crippen LogP contribution in [-0.4, -0.2) is 31.3 Å². The zero-order valence-electron chi connectivity index (χ0n) is 15.0. The van der Waals surface area contributed by atoms with Gasteiger partial charge < -0.3 is 14.8 Å². The molecule has 1 N–H and O–H groups in total. The molecule has 2 atom stereocenters. The summed E-state index contributed by atoms with van der Waals surface area (Å²) in [6.45, 7) is 2.20. The van der Waals surface area contributed by atoms with Gasteiger partial charge >= 0.3 is 5.97 Å². The number of thioether (sulfide) groups is 1. The third-order valence-corrected chi connectivity index (χ3v) is 4.93. The van der Waals surface area contributed by atoms with Crippen LogP contribution in [0.15, 0.2) is 34.9 Å². The van der Waals surface area contributed by atoms with Crippen LogP contribution in [0.1, 0.15) is 24.8 Å². The molecule has 140 valence electrons. The summed E-state index contributed by atoms with van der Waals surface area (Å²) in [5.41, 5.74) is 0.795. The number of nitrogens with zero attached hydrogens (tertiary/aromatic N) is 2. The minimum atomic E-state index is -1.08. The largest absolute Gasteiger partial charge is 0.496 e. The normalized spacial score (nSPS) is 18.9. The molecule has 0 saturated carbocycles. The fraction of sp³-hybridized carbons (Fsp3) is 0.368. The maximum absolute atomic E-state index is 12.4. The molecule has 8 heteroatoms. The van der Waals surface area contributed by atoms with Crippen molar-refractivity contribution in [3.8, 4) is 17.9 Å². The van der Waals surface area contributed by atoms with E-state index in [4.69, 9.17) is 9.47 Å². The summed E-state index contributed by atoms with van der Waals surface area (Å²) in [7, 11) is 1.48. The standard InChI is InChI=1S/C19H19N3O4S/c1-3-8-26-16(23)11-27-19-14(10-21)17(13(9-20)18(24)22-19)12-6-4-5-7-15(12)25-2/h4-7,13,17H,3,8,11H2,1-2H3,(H,22,24)/t13-,17+/m1/s1. The first kappa shape index (κ1) is 20.3. The lowest BCUT2D eigenvalue weighted by Gasteiger charge is -2.29. The smallest absolute Gasteiger partial charge is 0.316 e. The van der Waals surface area contributed by atoms with Gasteiger partial charge in [0.25, 0.3) is 0 Å². The quantitative estimate of drug-likeness (QED) is 0.717. The van der Waals surface area contributed by atoms with Crippen molar-refractivity contribution in [2.45, 2.75) is 19.3 Å². The fourth-order valence-corrected chi connectivity index (χ4v) is 3.58. The van der Waals surface area contributed by atoms with Crippen molar-refractivity contribution < 1.29 is 19.1 Å². The molecule has 1 aromatic rings. The molecular weight excluding hydrogens is 366 g/mol. The lowest BCUT2D eigenvalue weighted by molar-refractivity contribution is -0.140. The molecule has 1 amide bonds. The van der Waals surface area contributed by atoms with Gasteiger partial charge in [-0.3, -0.25) is 9.59 Å². The SMILES string of the molecule is CCCOC(=O)CSC1=C(C#N)[C@@H](c2ccccc2OC)[C@@H](C#N)C(=O)N1. The first-order valence-corrected chi connectivity index (χ1v) is 9.32. The maximum Gasteiger partial charge on any atom is 0.316 e. The number of benzene rings is 1. The van der Waals surface area contributed by atoms with Crippen LogP contribution in [0.5, 0.6) is 5.75 Å². The molecule has 0 fully saturated rings. The zero-order chi connectivity index (χ0) is 19.8. The Labute approximate surface area is 161 Å². The number of para-hydroxylation sites is 1. The van der Waals surface area contributed by atoms with Crippen molar-refractivity contribution in [3.05, 3.63) is 40.4 Å². The van der Waals surface area contributed by atoms with Gasteiger partial charge in [-0.05, 0) is 12.5 Å². The van der Waals surface area contributed by atoms with E-state index in [0.29, 0.717) is 24.3 Å². The van der Waals surface area contributed by atoms with Gasteiger partial charge in [-0.25, -0.2) is 0 Å². The predicted molar refractivity (Wildman–Crippen MR) is 99.3 cm³/mol. The Morgan fingerprint density at radius 3 is 2.70 bits per heavy atom. The maximum atomic E-state index is 12.4. The molecule has 0 bridgehead atoms. The molecule has 0 spiro atoms. The molecule has 2 rings (SSSR count). The number of hydrogen-bond acceptors (Lipinski definition) is 7. The first-order chi connectivity index (χ1) is 13.1. The second kappa shape index (κ2) is 9.65. The molecule has 1 aromatic carbocycles. The van der Waals surface area contributed by atoms with E-state index in [-0.39, 0.29) is 16.4 Å². The first-order valence-electron chi connectivity index (χ1n) is 8.33. The van der Waals surface area contributed by atoms with Gasteiger partial charge in [-0.2, -0.15) is 10.5 Å². The van der Waals surface area contributed by atoms with Crippen molar-refractivity contribution in [2.75, 3.05) is 19.5 Å². The van der Waals surface area contributed by atoms with E-state index in [0.717, 1.165) is 11.8 Å². The molecule has 0 saturated heterocycles. The number of methoxy groups -OCH3 is 1. The average molecular weight is 385 g/mol. The summed E-state index contributed by atoms with van der Waals surface area (Å²) in [5, 5.41) is 22.1. The molecular formula is C19H19N3O4S. The van der Waals surface area contributed by atoms with Crippen LogP contribution in [0.4, 0.5) is 0 Å². The Bertz CT molecular complexity index is 838. The lowest BCUT2D eigenvalue weighted by Crippen LogP contribution is -2.39. The monoisotopic (exact) mass is 385 g/mol. The van der Waals surface area contributed by atoms with Crippen LogP contribution in [0, 0.1) is 28.6 Å². The Morgan fingerprint density at radius 1 is 1.33 bits per heavy atom. The topological polar surface area (TPSA) is 112 Å². The number of carbonyl (C=O) groups is 2. The van der Waals surface area contributed by atoms with Crippen molar-refractivity contribution >= 4 is 23.6 Å². The highest BCUT2D eigenvalue weighted by Crippen LogP contribution is 2.42. The van der Waals surface area contributed by atoms with E-state index in [1.807, 2.05) is 13.0 Å². The summed E-state index contributed by atoms with van der Waals surface area (Å²) >= 11 is 1.02. The molecule has 1 heterocycles. The van der Waals surface area contributed by atoms with Crippen LogP contribution in [0.25, 0.3) is 0 Å². The summed E-state index contributed by atoms with van der Waals surface area (Å²) in [6, 6.07) is 11.0. The van der Waals surface area contributed by atoms with Gasteiger partial charge in [-0.1, -0.05) is 36.9 Å². The third kappa shape index (κ3) is 4.60.